The summed E-state index contributed by atoms with van der Waals surface area (Å²) >= 11 is 1.60. The minimum Gasteiger partial charge on any atom is -0.481 e. The number of nitrogens with zero attached hydrogens (tertiary/aromatic N) is 3. The molecule has 3 aromatic carbocycles. The minimum absolute atomic E-state index is 0.00695. The summed E-state index contributed by atoms with van der Waals surface area (Å²) in [7, 11) is 1.92. The summed E-state index contributed by atoms with van der Waals surface area (Å²) in [6.45, 7) is 0.364. The molecular weight excluding hydrogens is 580 g/mol. The summed E-state index contributed by atoms with van der Waals surface area (Å²) in [5.41, 5.74) is 5.78. The Balaban J connectivity index is 1.26. The maximum atomic E-state index is 12.1. The Morgan fingerprint density at radius 2 is 1.75 bits per heavy atom. The number of amides is 1. The molecule has 3 unspecified atom stereocenters. The molecule has 3 N–H and O–H groups in total. The average Bonchev–Trinajstić information content (AvgIpc) is 3.47. The molecule has 1 aromatic heterocycles. The number of ether oxygens (including phenoxy) is 2. The van der Waals surface area contributed by atoms with E-state index in [9.17, 15) is 14.7 Å². The number of hydrogen-bond donors (Lipinski definition) is 3. The third-order valence-corrected chi connectivity index (χ3v) is 8.58. The van der Waals surface area contributed by atoms with Gasteiger partial charge in [0.05, 0.1) is 18.8 Å². The predicted molar refractivity (Wildman–Crippen MR) is 165 cm³/mol. The first kappa shape index (κ1) is 31.4. The number of carbonyl (C=O) groups is 2. The first-order valence-corrected chi connectivity index (χ1v) is 15.5. The number of carboxylic acids is 1. The molecule has 1 fully saturated rings. The van der Waals surface area contributed by atoms with Crippen molar-refractivity contribution in [3.05, 3.63) is 101 Å². The van der Waals surface area contributed by atoms with E-state index in [1.165, 1.54) is 0 Å². The van der Waals surface area contributed by atoms with Crippen molar-refractivity contribution in [1.29, 1.82) is 0 Å². The molecule has 4 aromatic rings. The van der Waals surface area contributed by atoms with Gasteiger partial charge in [-0.25, -0.2) is 0 Å². The van der Waals surface area contributed by atoms with E-state index in [0.29, 0.717) is 25.1 Å². The molecule has 10 nitrogen and oxygen atoms in total. The van der Waals surface area contributed by atoms with Crippen LogP contribution in [0.15, 0.2) is 84.3 Å². The molecule has 2 heterocycles. The molecule has 0 aliphatic carbocycles. The zero-order valence-electron chi connectivity index (χ0n) is 24.5. The van der Waals surface area contributed by atoms with Crippen molar-refractivity contribution in [2.24, 2.45) is 7.05 Å². The third kappa shape index (κ3) is 8.54. The molecule has 230 valence electrons. The van der Waals surface area contributed by atoms with Gasteiger partial charge in [-0.2, -0.15) is 0 Å². The van der Waals surface area contributed by atoms with E-state index in [0.717, 1.165) is 38.5 Å². The summed E-state index contributed by atoms with van der Waals surface area (Å²) < 4.78 is 14.8. The molecule has 1 aliphatic rings. The number of carboxylic acid groups (broad SMARTS) is 1. The van der Waals surface area contributed by atoms with Crippen molar-refractivity contribution in [3.63, 3.8) is 0 Å². The van der Waals surface area contributed by atoms with Crippen LogP contribution in [-0.2, 0) is 39.3 Å². The van der Waals surface area contributed by atoms with Gasteiger partial charge in [0.1, 0.15) is 6.33 Å². The number of benzene rings is 3. The first-order chi connectivity index (χ1) is 21.4. The number of aliphatic hydroxyl groups is 1. The molecule has 1 aliphatic heterocycles. The van der Waals surface area contributed by atoms with Crippen LogP contribution in [0.2, 0.25) is 0 Å². The number of carbonyl (C=O) groups excluding carboxylic acids is 1. The normalized spacial score (nSPS) is 18.2. The van der Waals surface area contributed by atoms with Gasteiger partial charge in [-0.3, -0.25) is 9.59 Å². The van der Waals surface area contributed by atoms with Gasteiger partial charge in [0.15, 0.2) is 11.4 Å². The van der Waals surface area contributed by atoms with Crippen molar-refractivity contribution >= 4 is 23.6 Å². The Morgan fingerprint density at radius 3 is 2.45 bits per heavy atom. The Kier molecular flexibility index (Phi) is 10.8. The van der Waals surface area contributed by atoms with Crippen LogP contribution in [0.25, 0.3) is 11.1 Å². The van der Waals surface area contributed by atoms with E-state index < -0.39 is 12.3 Å². The van der Waals surface area contributed by atoms with E-state index in [1.54, 1.807) is 18.1 Å². The lowest BCUT2D eigenvalue weighted by Crippen LogP contribution is -2.31. The van der Waals surface area contributed by atoms with Gasteiger partial charge < -0.3 is 29.6 Å². The van der Waals surface area contributed by atoms with Crippen LogP contribution < -0.4 is 5.32 Å². The summed E-state index contributed by atoms with van der Waals surface area (Å²) in [6, 6.07) is 23.9. The Labute approximate surface area is 260 Å². The fraction of sp³-hybridized carbons (Fsp3) is 0.333. The largest absolute Gasteiger partial charge is 0.481 e. The van der Waals surface area contributed by atoms with Gasteiger partial charge in [-0.1, -0.05) is 78.5 Å². The maximum absolute atomic E-state index is 12.1. The van der Waals surface area contributed by atoms with Crippen molar-refractivity contribution in [2.75, 3.05) is 5.75 Å². The second-order valence-corrected chi connectivity index (χ2v) is 11.7. The van der Waals surface area contributed by atoms with Crippen LogP contribution in [-0.4, -0.2) is 48.7 Å². The van der Waals surface area contributed by atoms with Crippen LogP contribution in [0.3, 0.4) is 0 Å². The van der Waals surface area contributed by atoms with Crippen LogP contribution >= 0.6 is 11.8 Å². The Hall–Kier alpha value is -4.03. The van der Waals surface area contributed by atoms with Crippen molar-refractivity contribution in [3.8, 4) is 11.1 Å². The number of aliphatic hydroxyl groups excluding tert-OH is 1. The lowest BCUT2D eigenvalue weighted by atomic mass is 9.99. The van der Waals surface area contributed by atoms with Crippen LogP contribution in [0.5, 0.6) is 0 Å². The SMILES string of the molecule is Cn1cnnc1SCC1CC(c2ccc(CO)cc2)OC(c2ccc(-c3cccc(CNC(=O)CCCC(=O)O)c3)cc2)O1. The van der Waals surface area contributed by atoms with E-state index >= 15 is 0 Å². The lowest BCUT2D eigenvalue weighted by molar-refractivity contribution is -0.245. The smallest absolute Gasteiger partial charge is 0.303 e. The quantitative estimate of drug-likeness (QED) is 0.174. The van der Waals surface area contributed by atoms with Gasteiger partial charge in [0, 0.05) is 44.2 Å². The molecule has 0 bridgehead atoms. The van der Waals surface area contributed by atoms with Crippen molar-refractivity contribution in [1.82, 2.24) is 20.1 Å². The molecule has 0 spiro atoms. The molecule has 1 amide bonds. The number of rotatable bonds is 13. The van der Waals surface area contributed by atoms with Crippen LogP contribution in [0.4, 0.5) is 0 Å². The summed E-state index contributed by atoms with van der Waals surface area (Å²) in [6.07, 6.45) is 2.02. The third-order valence-electron chi connectivity index (χ3n) is 7.41. The van der Waals surface area contributed by atoms with Gasteiger partial charge in [0.2, 0.25) is 5.91 Å². The summed E-state index contributed by atoms with van der Waals surface area (Å²) in [5.74, 6) is -0.369. The zero-order valence-corrected chi connectivity index (χ0v) is 25.3. The molecule has 44 heavy (non-hydrogen) atoms. The molecular formula is C33H36N4O6S. The van der Waals surface area contributed by atoms with Gasteiger partial charge in [-0.05, 0) is 40.3 Å². The number of aryl methyl sites for hydroxylation is 1. The topological polar surface area (TPSA) is 136 Å². The highest BCUT2D eigenvalue weighted by atomic mass is 32.2. The molecule has 3 atom stereocenters. The molecule has 1 saturated heterocycles. The fourth-order valence-corrected chi connectivity index (χ4v) is 5.88. The zero-order chi connectivity index (χ0) is 30.9. The van der Waals surface area contributed by atoms with Crippen LogP contribution in [0, 0.1) is 0 Å². The number of nitrogens with one attached hydrogen (secondary N) is 1. The lowest BCUT2D eigenvalue weighted by Gasteiger charge is -2.36. The average molecular weight is 617 g/mol. The first-order valence-electron chi connectivity index (χ1n) is 14.5. The Bertz CT molecular complexity index is 1540. The van der Waals surface area contributed by atoms with E-state index in [4.69, 9.17) is 14.6 Å². The number of thioether (sulfide) groups is 1. The molecule has 0 radical (unpaired) electrons. The van der Waals surface area contributed by atoms with E-state index in [2.05, 4.69) is 15.5 Å². The van der Waals surface area contributed by atoms with E-state index in [1.807, 2.05) is 84.4 Å². The van der Waals surface area contributed by atoms with Gasteiger partial charge in [0.25, 0.3) is 0 Å². The highest BCUT2D eigenvalue weighted by molar-refractivity contribution is 7.99. The summed E-state index contributed by atoms with van der Waals surface area (Å²) in [5, 5.41) is 30.1. The number of aromatic nitrogens is 3. The monoisotopic (exact) mass is 616 g/mol. The fourth-order valence-electron chi connectivity index (χ4n) is 4.98. The second-order valence-electron chi connectivity index (χ2n) is 10.7. The van der Waals surface area contributed by atoms with E-state index in [-0.39, 0.29) is 37.6 Å². The van der Waals surface area contributed by atoms with Crippen molar-refractivity contribution in [2.45, 2.75) is 62.5 Å². The van der Waals surface area contributed by atoms with Gasteiger partial charge in [-0.15, -0.1) is 10.2 Å². The van der Waals surface area contributed by atoms with Crippen LogP contribution in [0.1, 0.15) is 60.3 Å². The molecule has 0 saturated carbocycles. The predicted octanol–water partition coefficient (Wildman–Crippen LogP) is 5.18. The molecule has 5 rings (SSSR count). The summed E-state index contributed by atoms with van der Waals surface area (Å²) in [4.78, 5) is 22.7. The van der Waals surface area contributed by atoms with Gasteiger partial charge >= 0.3 is 5.97 Å². The second kappa shape index (κ2) is 15.1. The highest BCUT2D eigenvalue weighted by Gasteiger charge is 2.32. The maximum Gasteiger partial charge on any atom is 0.303 e. The van der Waals surface area contributed by atoms with Crippen molar-refractivity contribution < 1.29 is 29.3 Å². The number of hydrogen-bond acceptors (Lipinski definition) is 8. The standard InChI is InChI=1S/C33H36N4O6S/c1-37-21-35-36-33(37)44-20-28-17-29(25-10-8-22(19-38)9-11-25)43-32(42-28)26-14-12-24(13-15-26)27-5-2-4-23(16-27)18-34-30(39)6-3-7-31(40)41/h2,4-5,8-16,21,28-29,32,38H,3,6-7,17-20H2,1H3,(H,34,39)(H,40,41). The minimum atomic E-state index is -0.899. The number of aliphatic carboxylic acids is 1. The molecule has 11 heteroatoms. The highest BCUT2D eigenvalue weighted by Crippen LogP contribution is 2.39. The Morgan fingerprint density at radius 1 is 0.977 bits per heavy atom.